The largest absolute Gasteiger partial charge is 0.234 e. The van der Waals surface area contributed by atoms with E-state index in [4.69, 9.17) is 0 Å². The molecule has 40 valence electrons. The Morgan fingerprint density at radius 2 is 1.25 bits per heavy atom. The Morgan fingerprint density at radius 1 is 0.875 bits per heavy atom. The van der Waals surface area contributed by atoms with Gasteiger partial charge in [-0.25, -0.2) is 9.59 Å². The Kier molecular flexibility index (Phi) is 4.68. The molecule has 0 aliphatic carbocycles. The molecule has 0 bridgehead atoms. The van der Waals surface area contributed by atoms with Gasteiger partial charge in [-0.15, -0.1) is 0 Å². The van der Waals surface area contributed by atoms with Crippen LogP contribution >= 0.6 is 0 Å². The first kappa shape index (κ1) is 6.64. The fraction of sp³-hybridized carbons (Fsp3) is 0. The number of hydrogen-bond donors (Lipinski definition) is 0. The maximum Gasteiger partial charge on any atom is 0.124 e. The highest BCUT2D eigenvalue weighted by atomic mass is 16.1. The highest BCUT2D eigenvalue weighted by molar-refractivity contribution is 5.52. The zero-order valence-electron chi connectivity index (χ0n) is 4.13. The van der Waals surface area contributed by atoms with E-state index >= 15 is 0 Å². The van der Waals surface area contributed by atoms with E-state index in [0.717, 1.165) is 12.2 Å². The second kappa shape index (κ2) is 5.64. The predicted molar refractivity (Wildman–Crippen MR) is 29.7 cm³/mol. The third-order valence-corrected chi connectivity index (χ3v) is 0.440. The molecule has 0 N–H and O–H groups in total. The van der Waals surface area contributed by atoms with Crippen LogP contribution in [0, 0.1) is 0 Å². The lowest BCUT2D eigenvalue weighted by atomic mass is 10.5. The number of carbonyl (C=O) groups excluding carboxylic acids is 2. The van der Waals surface area contributed by atoms with Crippen LogP contribution in [-0.4, -0.2) is 11.9 Å². The fourth-order valence-corrected chi connectivity index (χ4v) is 0.190. The summed E-state index contributed by atoms with van der Waals surface area (Å²) in [6.45, 7) is 0. The van der Waals surface area contributed by atoms with Gasteiger partial charge in [-0.1, -0.05) is 12.2 Å². The van der Waals surface area contributed by atoms with Crippen LogP contribution in [0.25, 0.3) is 0 Å². The average Bonchev–Trinajstić information content (AvgIpc) is 1.81. The van der Waals surface area contributed by atoms with Crippen LogP contribution in [0.3, 0.4) is 0 Å². The first-order chi connectivity index (χ1) is 3.91. The monoisotopic (exact) mass is 108 g/mol. The van der Waals surface area contributed by atoms with Crippen LogP contribution in [0.5, 0.6) is 0 Å². The highest BCUT2D eigenvalue weighted by Crippen LogP contribution is 1.68. The summed E-state index contributed by atoms with van der Waals surface area (Å²) >= 11 is 0. The molecule has 8 heavy (non-hydrogen) atoms. The summed E-state index contributed by atoms with van der Waals surface area (Å²) < 4.78 is 0. The molecule has 0 spiro atoms. The molecular weight excluding hydrogens is 104 g/mol. The van der Waals surface area contributed by atoms with E-state index in [1.54, 1.807) is 0 Å². The fourth-order valence-electron chi connectivity index (χ4n) is 0.190. The number of allylic oxidation sites excluding steroid dienone is 4. The van der Waals surface area contributed by atoms with Crippen molar-refractivity contribution in [2.75, 3.05) is 0 Å². The number of rotatable bonds is 2. The molecular formula is C6H4O2. The minimum Gasteiger partial charge on any atom is -0.234 e. The standard InChI is InChI=1S/C6H4O2/c7-5-3-1-2-4-6-8/h1-4H/b2-1+. The third kappa shape index (κ3) is 4.64. The van der Waals surface area contributed by atoms with E-state index in [2.05, 4.69) is 0 Å². The lowest BCUT2D eigenvalue weighted by Crippen LogP contribution is -1.49. The smallest absolute Gasteiger partial charge is 0.124 e. The molecule has 0 aliphatic rings. The summed E-state index contributed by atoms with van der Waals surface area (Å²) in [7, 11) is 0. The highest BCUT2D eigenvalue weighted by Gasteiger charge is 1.56. The zero-order valence-corrected chi connectivity index (χ0v) is 4.13. The van der Waals surface area contributed by atoms with E-state index < -0.39 is 0 Å². The molecule has 0 heterocycles. The Balaban J connectivity index is 3.66. The minimum atomic E-state index is 1.16. The first-order valence-electron chi connectivity index (χ1n) is 1.99. The van der Waals surface area contributed by atoms with Gasteiger partial charge in [-0.05, 0) is 0 Å². The molecule has 2 nitrogen and oxygen atoms in total. The Hall–Kier alpha value is -1.36. The van der Waals surface area contributed by atoms with Crippen molar-refractivity contribution in [2.45, 2.75) is 0 Å². The second-order valence-corrected chi connectivity index (χ2v) is 0.954. The summed E-state index contributed by atoms with van der Waals surface area (Å²) in [5, 5.41) is 0. The van der Waals surface area contributed by atoms with Crippen LogP contribution < -0.4 is 0 Å². The molecule has 0 atom stereocenters. The van der Waals surface area contributed by atoms with Gasteiger partial charge in [0.25, 0.3) is 0 Å². The molecule has 0 aliphatic heterocycles. The summed E-state index contributed by atoms with van der Waals surface area (Å²) in [4.78, 5) is 18.8. The van der Waals surface area contributed by atoms with Gasteiger partial charge in [0.1, 0.15) is 11.9 Å². The maximum atomic E-state index is 9.42. The molecule has 0 fully saturated rings. The molecule has 0 aromatic carbocycles. The van der Waals surface area contributed by atoms with Crippen molar-refractivity contribution in [1.29, 1.82) is 0 Å². The van der Waals surface area contributed by atoms with Crippen molar-refractivity contribution in [2.24, 2.45) is 0 Å². The van der Waals surface area contributed by atoms with Crippen LogP contribution in [0.1, 0.15) is 0 Å². The molecule has 0 rings (SSSR count). The van der Waals surface area contributed by atoms with Gasteiger partial charge in [0, 0.05) is 12.2 Å². The van der Waals surface area contributed by atoms with Gasteiger partial charge in [0.05, 0.1) is 0 Å². The van der Waals surface area contributed by atoms with E-state index in [1.807, 2.05) is 0 Å². The van der Waals surface area contributed by atoms with Crippen molar-refractivity contribution >= 4 is 11.9 Å². The number of hydrogen-bond acceptors (Lipinski definition) is 2. The quantitative estimate of drug-likeness (QED) is 0.377. The molecule has 0 unspecified atom stereocenters. The topological polar surface area (TPSA) is 34.1 Å². The Morgan fingerprint density at radius 3 is 1.50 bits per heavy atom. The SMILES string of the molecule is O=C=C/C=C/C=C=O. The predicted octanol–water partition coefficient (Wildman–Crippen LogP) is 0.318. The summed E-state index contributed by atoms with van der Waals surface area (Å²) in [5.74, 6) is 3.03. The van der Waals surface area contributed by atoms with Crippen molar-refractivity contribution in [3.05, 3.63) is 24.3 Å². The first-order valence-corrected chi connectivity index (χ1v) is 1.99. The molecule has 0 aromatic rings. The lowest BCUT2D eigenvalue weighted by Gasteiger charge is -1.58. The van der Waals surface area contributed by atoms with Crippen LogP contribution in [0.2, 0.25) is 0 Å². The molecule has 0 radical (unpaired) electrons. The summed E-state index contributed by atoms with van der Waals surface area (Å²) in [5.41, 5.74) is 0. The van der Waals surface area contributed by atoms with Gasteiger partial charge in [-0.2, -0.15) is 0 Å². The van der Waals surface area contributed by atoms with Crippen LogP contribution in [0.15, 0.2) is 24.3 Å². The lowest BCUT2D eigenvalue weighted by molar-refractivity contribution is 0.568. The Labute approximate surface area is 46.8 Å². The minimum absolute atomic E-state index is 1.16. The Bertz CT molecular complexity index is 147. The van der Waals surface area contributed by atoms with Crippen LogP contribution in [0.4, 0.5) is 0 Å². The van der Waals surface area contributed by atoms with E-state index in [9.17, 15) is 9.59 Å². The van der Waals surface area contributed by atoms with Crippen molar-refractivity contribution in [3.8, 4) is 0 Å². The van der Waals surface area contributed by atoms with E-state index in [1.165, 1.54) is 24.0 Å². The van der Waals surface area contributed by atoms with Gasteiger partial charge in [0.15, 0.2) is 0 Å². The third-order valence-electron chi connectivity index (χ3n) is 0.440. The average molecular weight is 108 g/mol. The maximum absolute atomic E-state index is 9.42. The molecule has 0 aromatic heterocycles. The summed E-state index contributed by atoms with van der Waals surface area (Å²) in [6.07, 6.45) is 5.12. The van der Waals surface area contributed by atoms with Gasteiger partial charge < -0.3 is 0 Å². The molecule has 0 amide bonds. The van der Waals surface area contributed by atoms with E-state index in [-0.39, 0.29) is 0 Å². The van der Waals surface area contributed by atoms with Crippen LogP contribution in [-0.2, 0) is 9.59 Å². The van der Waals surface area contributed by atoms with Gasteiger partial charge in [-0.3, -0.25) is 0 Å². The van der Waals surface area contributed by atoms with Crippen molar-refractivity contribution < 1.29 is 9.59 Å². The summed E-state index contributed by atoms with van der Waals surface area (Å²) in [6, 6.07) is 0. The molecule has 2 heteroatoms. The normalized spacial score (nSPS) is 7.50. The second-order valence-electron chi connectivity index (χ2n) is 0.954. The molecule has 0 saturated carbocycles. The van der Waals surface area contributed by atoms with Gasteiger partial charge >= 0.3 is 0 Å². The zero-order chi connectivity index (χ0) is 6.24. The van der Waals surface area contributed by atoms with Crippen molar-refractivity contribution in [3.63, 3.8) is 0 Å². The van der Waals surface area contributed by atoms with Crippen molar-refractivity contribution in [1.82, 2.24) is 0 Å². The van der Waals surface area contributed by atoms with E-state index in [0.29, 0.717) is 0 Å². The molecule has 0 saturated heterocycles. The van der Waals surface area contributed by atoms with Gasteiger partial charge in [0.2, 0.25) is 0 Å².